The maximum Gasteiger partial charge on any atom is 0.227 e. The fourth-order valence-electron chi connectivity index (χ4n) is 3.43. The number of fused-ring (bicyclic) bond motifs is 3. The van der Waals surface area contributed by atoms with Crippen molar-refractivity contribution in [2.75, 3.05) is 12.4 Å². The number of hydrogen-bond donors (Lipinski definition) is 1. The second-order valence-corrected chi connectivity index (χ2v) is 6.94. The van der Waals surface area contributed by atoms with Gasteiger partial charge < -0.3 is 19.0 Å². The van der Waals surface area contributed by atoms with Gasteiger partial charge in [0.15, 0.2) is 0 Å². The summed E-state index contributed by atoms with van der Waals surface area (Å²) in [4.78, 5) is 20.8. The molecule has 0 aliphatic rings. The number of amides is 1. The minimum atomic E-state index is -0.197. The molecule has 8 heteroatoms. The quantitative estimate of drug-likeness (QED) is 0.433. The lowest BCUT2D eigenvalue weighted by Crippen LogP contribution is -2.13. The molecule has 0 unspecified atom stereocenters. The van der Waals surface area contributed by atoms with E-state index in [1.165, 1.54) is 0 Å². The van der Waals surface area contributed by atoms with Crippen LogP contribution in [-0.4, -0.2) is 28.1 Å². The SMILES string of the molecule is COc1cc2c(cc1NC(=O)CCc1nc(-c3ccncc3)no1)oc1ccccc12. The van der Waals surface area contributed by atoms with Crippen LogP contribution in [0.3, 0.4) is 0 Å². The molecule has 8 nitrogen and oxygen atoms in total. The van der Waals surface area contributed by atoms with Crippen LogP contribution in [0.1, 0.15) is 12.3 Å². The summed E-state index contributed by atoms with van der Waals surface area (Å²) in [6.45, 7) is 0. The van der Waals surface area contributed by atoms with E-state index in [-0.39, 0.29) is 12.3 Å². The van der Waals surface area contributed by atoms with Crippen molar-refractivity contribution in [3.05, 3.63) is 66.8 Å². The molecular weight excluding hydrogens is 396 g/mol. The van der Waals surface area contributed by atoms with Crippen molar-refractivity contribution in [3.63, 3.8) is 0 Å². The summed E-state index contributed by atoms with van der Waals surface area (Å²) in [7, 11) is 1.57. The van der Waals surface area contributed by atoms with Crippen LogP contribution in [0.2, 0.25) is 0 Å². The van der Waals surface area contributed by atoms with Gasteiger partial charge in [-0.25, -0.2) is 0 Å². The van der Waals surface area contributed by atoms with Gasteiger partial charge in [-0.15, -0.1) is 0 Å². The number of carbonyl (C=O) groups is 1. The Hall–Kier alpha value is -4.20. The Morgan fingerprint density at radius 3 is 2.74 bits per heavy atom. The molecule has 0 bridgehead atoms. The largest absolute Gasteiger partial charge is 0.495 e. The van der Waals surface area contributed by atoms with Crippen molar-refractivity contribution in [1.29, 1.82) is 0 Å². The van der Waals surface area contributed by atoms with Crippen molar-refractivity contribution in [1.82, 2.24) is 15.1 Å². The van der Waals surface area contributed by atoms with Gasteiger partial charge in [0.25, 0.3) is 0 Å². The van der Waals surface area contributed by atoms with Gasteiger partial charge in [0.2, 0.25) is 17.6 Å². The van der Waals surface area contributed by atoms with E-state index in [9.17, 15) is 4.79 Å². The van der Waals surface area contributed by atoms with E-state index >= 15 is 0 Å². The smallest absolute Gasteiger partial charge is 0.227 e. The Morgan fingerprint density at radius 2 is 1.90 bits per heavy atom. The molecule has 0 saturated heterocycles. The molecular formula is C23H18N4O4. The molecule has 3 heterocycles. The molecule has 1 amide bonds. The zero-order valence-electron chi connectivity index (χ0n) is 16.7. The molecule has 31 heavy (non-hydrogen) atoms. The molecule has 3 aromatic heterocycles. The maximum absolute atomic E-state index is 12.5. The summed E-state index contributed by atoms with van der Waals surface area (Å²) in [6, 6.07) is 15.0. The topological polar surface area (TPSA) is 103 Å². The Morgan fingerprint density at radius 1 is 1.06 bits per heavy atom. The van der Waals surface area contributed by atoms with Gasteiger partial charge >= 0.3 is 0 Å². The average Bonchev–Trinajstić information content (AvgIpc) is 3.42. The number of hydrogen-bond acceptors (Lipinski definition) is 7. The first kappa shape index (κ1) is 18.8. The molecule has 154 valence electrons. The number of pyridine rings is 1. The summed E-state index contributed by atoms with van der Waals surface area (Å²) in [5.74, 6) is 1.22. The number of nitrogens with one attached hydrogen (secondary N) is 1. The summed E-state index contributed by atoms with van der Waals surface area (Å²) in [6.07, 6.45) is 3.81. The van der Waals surface area contributed by atoms with Crippen LogP contribution in [0.25, 0.3) is 33.3 Å². The van der Waals surface area contributed by atoms with Crippen LogP contribution in [0, 0.1) is 0 Å². The van der Waals surface area contributed by atoms with Crippen molar-refractivity contribution in [3.8, 4) is 17.1 Å². The molecule has 0 atom stereocenters. The van der Waals surface area contributed by atoms with Gasteiger partial charge in [0.1, 0.15) is 16.9 Å². The predicted molar refractivity (Wildman–Crippen MR) is 115 cm³/mol. The summed E-state index contributed by atoms with van der Waals surface area (Å²) >= 11 is 0. The van der Waals surface area contributed by atoms with E-state index in [1.54, 1.807) is 37.7 Å². The second-order valence-electron chi connectivity index (χ2n) is 6.94. The van der Waals surface area contributed by atoms with Crippen LogP contribution in [0.4, 0.5) is 5.69 Å². The lowest BCUT2D eigenvalue weighted by atomic mass is 10.1. The molecule has 5 rings (SSSR count). The molecule has 0 spiro atoms. The highest BCUT2D eigenvalue weighted by Gasteiger charge is 2.15. The third kappa shape index (κ3) is 3.71. The maximum atomic E-state index is 12.5. The van der Waals surface area contributed by atoms with Crippen LogP contribution < -0.4 is 10.1 Å². The number of benzene rings is 2. The monoisotopic (exact) mass is 414 g/mol. The van der Waals surface area contributed by atoms with Crippen LogP contribution >= 0.6 is 0 Å². The normalized spacial score (nSPS) is 11.1. The van der Waals surface area contributed by atoms with Crippen LogP contribution in [0.5, 0.6) is 5.75 Å². The minimum absolute atomic E-state index is 0.180. The number of anilines is 1. The Bertz CT molecular complexity index is 1370. The summed E-state index contributed by atoms with van der Waals surface area (Å²) in [5.41, 5.74) is 2.81. The number of methoxy groups -OCH3 is 1. The average molecular weight is 414 g/mol. The third-order valence-electron chi connectivity index (χ3n) is 4.95. The number of nitrogens with zero attached hydrogens (tertiary/aromatic N) is 3. The van der Waals surface area contributed by atoms with Gasteiger partial charge in [-0.2, -0.15) is 4.98 Å². The lowest BCUT2D eigenvalue weighted by molar-refractivity contribution is -0.116. The number of para-hydroxylation sites is 1. The molecule has 0 fully saturated rings. The number of rotatable bonds is 6. The van der Waals surface area contributed by atoms with Gasteiger partial charge in [0, 0.05) is 47.6 Å². The van der Waals surface area contributed by atoms with Crippen molar-refractivity contribution < 1.29 is 18.5 Å². The van der Waals surface area contributed by atoms with E-state index in [0.717, 1.165) is 21.9 Å². The lowest BCUT2D eigenvalue weighted by Gasteiger charge is -2.10. The number of aryl methyl sites for hydroxylation is 1. The highest BCUT2D eigenvalue weighted by atomic mass is 16.5. The van der Waals surface area contributed by atoms with Crippen LogP contribution in [0.15, 0.2) is 69.9 Å². The Balaban J connectivity index is 1.31. The van der Waals surface area contributed by atoms with E-state index in [1.807, 2.05) is 30.3 Å². The molecule has 0 radical (unpaired) electrons. The molecule has 5 aromatic rings. The molecule has 0 aliphatic heterocycles. The fourth-order valence-corrected chi connectivity index (χ4v) is 3.43. The predicted octanol–water partition coefficient (Wildman–Crippen LogP) is 4.61. The van der Waals surface area contributed by atoms with E-state index in [2.05, 4.69) is 20.4 Å². The van der Waals surface area contributed by atoms with Gasteiger partial charge in [-0.1, -0.05) is 23.4 Å². The summed E-state index contributed by atoms with van der Waals surface area (Å²) < 4.78 is 16.6. The fraction of sp³-hybridized carbons (Fsp3) is 0.130. The first-order valence-corrected chi connectivity index (χ1v) is 9.73. The number of furan rings is 1. The summed E-state index contributed by atoms with van der Waals surface area (Å²) in [5, 5.41) is 8.76. The molecule has 2 aromatic carbocycles. The minimum Gasteiger partial charge on any atom is -0.495 e. The van der Waals surface area contributed by atoms with Gasteiger partial charge in [-0.3, -0.25) is 9.78 Å². The van der Waals surface area contributed by atoms with E-state index in [0.29, 0.717) is 35.2 Å². The zero-order chi connectivity index (χ0) is 21.2. The number of ether oxygens (including phenoxy) is 1. The number of aromatic nitrogens is 3. The molecule has 1 N–H and O–H groups in total. The van der Waals surface area contributed by atoms with E-state index in [4.69, 9.17) is 13.7 Å². The van der Waals surface area contributed by atoms with Crippen molar-refractivity contribution in [2.24, 2.45) is 0 Å². The highest BCUT2D eigenvalue weighted by Crippen LogP contribution is 2.36. The number of carbonyl (C=O) groups excluding carboxylic acids is 1. The van der Waals surface area contributed by atoms with Gasteiger partial charge in [0.05, 0.1) is 12.8 Å². The second kappa shape index (κ2) is 7.91. The standard InChI is InChI=1S/C23H18N4O4/c1-29-20-12-16-15-4-2-3-5-18(15)30-19(16)13-17(20)25-21(28)6-7-22-26-23(27-31-22)14-8-10-24-11-9-14/h2-5,8-13H,6-7H2,1H3,(H,25,28). The molecule has 0 aliphatic carbocycles. The first-order chi connectivity index (χ1) is 15.2. The Labute approximate surface area is 176 Å². The van der Waals surface area contributed by atoms with Crippen LogP contribution in [-0.2, 0) is 11.2 Å². The zero-order valence-corrected chi connectivity index (χ0v) is 16.7. The van der Waals surface area contributed by atoms with Gasteiger partial charge in [-0.05, 0) is 24.3 Å². The molecule has 0 saturated carbocycles. The van der Waals surface area contributed by atoms with Crippen molar-refractivity contribution >= 4 is 33.5 Å². The van der Waals surface area contributed by atoms with E-state index < -0.39 is 0 Å². The first-order valence-electron chi connectivity index (χ1n) is 9.73. The highest BCUT2D eigenvalue weighted by molar-refractivity contribution is 6.07. The Kier molecular flexibility index (Phi) is 4.80. The van der Waals surface area contributed by atoms with Crippen molar-refractivity contribution in [2.45, 2.75) is 12.8 Å². The third-order valence-corrected chi connectivity index (χ3v) is 4.95.